The van der Waals surface area contributed by atoms with E-state index in [1.165, 1.54) is 41.7 Å². The summed E-state index contributed by atoms with van der Waals surface area (Å²) in [5.74, 6) is -2.88. The van der Waals surface area contributed by atoms with Crippen molar-refractivity contribution in [2.75, 3.05) is 18.3 Å². The molecule has 4 unspecified atom stereocenters. The summed E-state index contributed by atoms with van der Waals surface area (Å²) in [6.45, 7) is 6.04. The number of aromatic hydroxyl groups is 2. The average molecular weight is 706 g/mol. The van der Waals surface area contributed by atoms with E-state index < -0.39 is 100.0 Å². The first-order valence-electron chi connectivity index (χ1n) is 15.6. The number of aliphatic hydroxyl groups excluding tert-OH is 1. The van der Waals surface area contributed by atoms with Crippen molar-refractivity contribution in [1.29, 1.82) is 0 Å². The molecule has 1 aliphatic heterocycles. The fourth-order valence-electron chi connectivity index (χ4n) is 6.32. The van der Waals surface area contributed by atoms with E-state index in [4.69, 9.17) is 24.7 Å². The molecule has 260 valence electrons. The second-order valence-electron chi connectivity index (χ2n) is 11.9. The Balaban J connectivity index is 1.52. The predicted octanol–water partition coefficient (Wildman–Crippen LogP) is 2.73. The number of hydrogen-bond acceptors (Lipinski definition) is 15. The molecular weight excluding hydrogens is 666 g/mol. The van der Waals surface area contributed by atoms with Gasteiger partial charge in [0.15, 0.2) is 17.9 Å². The van der Waals surface area contributed by atoms with Gasteiger partial charge >= 0.3 is 5.97 Å². The summed E-state index contributed by atoms with van der Waals surface area (Å²) in [4.78, 5) is 53.3. The van der Waals surface area contributed by atoms with E-state index in [0.29, 0.717) is 11.5 Å². The van der Waals surface area contributed by atoms with Crippen molar-refractivity contribution >= 4 is 46.8 Å². The topological polar surface area (TPSA) is 212 Å². The average Bonchev–Trinajstić information content (AvgIpc) is 3.03. The van der Waals surface area contributed by atoms with Gasteiger partial charge < -0.3 is 45.1 Å². The van der Waals surface area contributed by atoms with Crippen molar-refractivity contribution in [3.05, 3.63) is 51.6 Å². The van der Waals surface area contributed by atoms with E-state index in [2.05, 4.69) is 0 Å². The lowest BCUT2D eigenvalue weighted by atomic mass is 9.72. The second kappa shape index (κ2) is 14.4. The van der Waals surface area contributed by atoms with Crippen molar-refractivity contribution in [2.24, 2.45) is 5.73 Å². The zero-order valence-electron chi connectivity index (χ0n) is 26.9. The quantitative estimate of drug-likeness (QED) is 0.110. The first kappa shape index (κ1) is 36.1. The van der Waals surface area contributed by atoms with Crippen LogP contribution in [-0.2, 0) is 30.2 Å². The third kappa shape index (κ3) is 6.56. The number of benzene rings is 2. The van der Waals surface area contributed by atoms with Gasteiger partial charge in [-0.15, -0.1) is 23.5 Å². The molecule has 2 aliphatic carbocycles. The van der Waals surface area contributed by atoms with Crippen LogP contribution in [0.15, 0.2) is 18.2 Å². The molecule has 2 aromatic carbocycles. The van der Waals surface area contributed by atoms with Crippen LogP contribution in [0.2, 0.25) is 0 Å². The summed E-state index contributed by atoms with van der Waals surface area (Å²) in [5, 5.41) is 44.9. The number of esters is 1. The normalized spacial score (nSPS) is 26.5. The molecule has 48 heavy (non-hydrogen) atoms. The maximum absolute atomic E-state index is 14.1. The van der Waals surface area contributed by atoms with E-state index in [-0.39, 0.29) is 40.8 Å². The molecule has 1 fully saturated rings. The van der Waals surface area contributed by atoms with Crippen LogP contribution in [0.1, 0.15) is 89.6 Å². The lowest BCUT2D eigenvalue weighted by molar-refractivity contribution is -0.247. The standard InChI is InChI=1S/C33H39NO12S2/c1-5-47-32(48-6-2)31(41)44-13-43-19-9-7-8-16-22(19)29(39)25-24(27(16)37)28(38)17-11-33(42,15(4)35)12-20(23(17)30(25)40)46-21-10-18(34)26(36)14(3)45-21/h7-9,14,18,20-21,26,32,36,38,40,42H,5-6,10-13,34H2,1-4H3/t14?,18?,20-,21?,26?,33-/m0/s1. The van der Waals surface area contributed by atoms with Crippen LogP contribution < -0.4 is 10.5 Å². The number of hydrogen-bond donors (Lipinski definition) is 5. The summed E-state index contributed by atoms with van der Waals surface area (Å²) in [7, 11) is 0. The Morgan fingerprint density at radius 3 is 2.38 bits per heavy atom. The number of aliphatic hydroxyl groups is 2. The van der Waals surface area contributed by atoms with Crippen molar-refractivity contribution in [3.8, 4) is 17.2 Å². The first-order chi connectivity index (χ1) is 22.7. The van der Waals surface area contributed by atoms with Crippen molar-refractivity contribution in [2.45, 2.75) is 87.8 Å². The van der Waals surface area contributed by atoms with Crippen LogP contribution in [0.3, 0.4) is 0 Å². The Morgan fingerprint density at radius 2 is 1.75 bits per heavy atom. The molecule has 1 heterocycles. The van der Waals surface area contributed by atoms with Crippen molar-refractivity contribution < 1.29 is 58.6 Å². The number of phenolic OH excluding ortho intramolecular Hbond substituents is 2. The molecule has 0 aromatic heterocycles. The third-order valence-corrected chi connectivity index (χ3v) is 11.3. The second-order valence-corrected chi connectivity index (χ2v) is 15.0. The summed E-state index contributed by atoms with van der Waals surface area (Å²) < 4.78 is 22.4. The minimum atomic E-state index is -2.06. The Labute approximate surface area is 285 Å². The summed E-state index contributed by atoms with van der Waals surface area (Å²) in [5.41, 5.74) is 2.43. The number of rotatable bonds is 11. The Bertz CT molecular complexity index is 1610. The maximum Gasteiger partial charge on any atom is 0.332 e. The molecular formula is C33H39NO12S2. The molecule has 5 rings (SSSR count). The molecule has 15 heteroatoms. The fraction of sp³-hybridized carbons (Fsp3) is 0.515. The molecule has 3 aliphatic rings. The zero-order valence-corrected chi connectivity index (χ0v) is 28.5. The van der Waals surface area contributed by atoms with Gasteiger partial charge in [0.05, 0.1) is 35.0 Å². The van der Waals surface area contributed by atoms with Crippen LogP contribution >= 0.6 is 23.5 Å². The third-order valence-electron chi connectivity index (χ3n) is 8.82. The summed E-state index contributed by atoms with van der Waals surface area (Å²) in [6, 6.07) is 3.50. The van der Waals surface area contributed by atoms with Crippen LogP contribution in [-0.4, -0.2) is 96.8 Å². The number of nitrogens with two attached hydrogens (primary N) is 1. The largest absolute Gasteiger partial charge is 0.507 e. The zero-order chi connectivity index (χ0) is 35.1. The Morgan fingerprint density at radius 1 is 1.08 bits per heavy atom. The highest BCUT2D eigenvalue weighted by Crippen LogP contribution is 2.52. The number of carbonyl (C=O) groups is 4. The van der Waals surface area contributed by atoms with E-state index >= 15 is 0 Å². The van der Waals surface area contributed by atoms with E-state index in [0.717, 1.165) is 6.92 Å². The summed E-state index contributed by atoms with van der Waals surface area (Å²) in [6.07, 6.45) is -4.87. The molecule has 0 amide bonds. The smallest absolute Gasteiger partial charge is 0.332 e. The van der Waals surface area contributed by atoms with Gasteiger partial charge in [0.2, 0.25) is 12.6 Å². The number of ketones is 3. The van der Waals surface area contributed by atoms with Crippen molar-refractivity contribution in [3.63, 3.8) is 0 Å². The molecule has 2 aromatic rings. The molecule has 0 bridgehead atoms. The first-order valence-corrected chi connectivity index (χ1v) is 17.7. The number of ether oxygens (including phenoxy) is 4. The fourth-order valence-corrected chi connectivity index (χ4v) is 8.53. The van der Waals surface area contributed by atoms with Crippen LogP contribution in [0.4, 0.5) is 0 Å². The predicted molar refractivity (Wildman–Crippen MR) is 175 cm³/mol. The van der Waals surface area contributed by atoms with Crippen LogP contribution in [0, 0.1) is 0 Å². The van der Waals surface area contributed by atoms with Gasteiger partial charge in [0, 0.05) is 42.0 Å². The Kier molecular flexibility index (Phi) is 10.8. The minimum Gasteiger partial charge on any atom is -0.507 e. The number of Topliss-reactive ketones (excluding diaryl/α,β-unsaturated/α-hetero) is 1. The molecule has 13 nitrogen and oxygen atoms in total. The molecule has 1 saturated heterocycles. The van der Waals surface area contributed by atoms with Gasteiger partial charge in [-0.3, -0.25) is 14.4 Å². The highest BCUT2D eigenvalue weighted by molar-refractivity contribution is 8.18. The van der Waals surface area contributed by atoms with Gasteiger partial charge in [0.1, 0.15) is 27.4 Å². The SMILES string of the molecule is CCSC(SCC)C(=O)OCOc1cccc2c1C(=O)c1c(O)c3c(c(O)c1C2=O)C[C@@](O)(C(C)=O)C[C@@H]3OC1CC(N)C(O)C(C)O1. The molecule has 0 radical (unpaired) electrons. The molecule has 0 saturated carbocycles. The molecule has 0 spiro atoms. The Hall–Kier alpha value is -3.18. The van der Waals surface area contributed by atoms with Gasteiger partial charge in [-0.1, -0.05) is 26.0 Å². The van der Waals surface area contributed by atoms with Gasteiger partial charge in [-0.05, 0) is 31.4 Å². The lowest BCUT2D eigenvalue weighted by Crippen LogP contribution is -2.52. The van der Waals surface area contributed by atoms with Crippen LogP contribution in [0.25, 0.3) is 0 Å². The van der Waals surface area contributed by atoms with E-state index in [1.807, 2.05) is 13.8 Å². The highest BCUT2D eigenvalue weighted by Gasteiger charge is 2.49. The van der Waals surface area contributed by atoms with E-state index in [9.17, 15) is 39.6 Å². The number of carbonyl (C=O) groups excluding carboxylic acids is 4. The van der Waals surface area contributed by atoms with E-state index in [1.54, 1.807) is 6.92 Å². The molecule has 6 atom stereocenters. The van der Waals surface area contributed by atoms with Gasteiger partial charge in [0.25, 0.3) is 0 Å². The maximum atomic E-state index is 14.1. The van der Waals surface area contributed by atoms with Crippen molar-refractivity contribution in [1.82, 2.24) is 0 Å². The van der Waals surface area contributed by atoms with Gasteiger partial charge in [-0.25, -0.2) is 4.79 Å². The number of phenols is 2. The lowest BCUT2D eigenvalue weighted by Gasteiger charge is -2.42. The molecule has 6 N–H and O–H groups in total. The van der Waals surface area contributed by atoms with Crippen LogP contribution in [0.5, 0.6) is 17.2 Å². The van der Waals surface area contributed by atoms with Gasteiger partial charge in [-0.2, -0.15) is 0 Å². The summed E-state index contributed by atoms with van der Waals surface area (Å²) >= 11 is 2.82. The monoisotopic (exact) mass is 705 g/mol. The number of thioether (sulfide) groups is 2. The highest BCUT2D eigenvalue weighted by atomic mass is 32.2. The number of fused-ring (bicyclic) bond motifs is 3. The minimum absolute atomic E-state index is 0.0264.